The number of anilines is 2. The third-order valence-corrected chi connectivity index (χ3v) is 4.18. The van der Waals surface area contributed by atoms with Crippen LogP contribution in [0.4, 0.5) is 25.5 Å². The highest BCUT2D eigenvalue weighted by Gasteiger charge is 2.35. The maximum Gasteiger partial charge on any atom is 0.425 e. The third-order valence-electron chi connectivity index (χ3n) is 4.18. The van der Waals surface area contributed by atoms with Crippen molar-refractivity contribution >= 4 is 23.7 Å². The van der Waals surface area contributed by atoms with Crippen molar-refractivity contribution in [1.82, 2.24) is 4.98 Å². The number of benzene rings is 1. The highest BCUT2D eigenvalue weighted by Crippen LogP contribution is 2.27. The number of pyridine rings is 1. The van der Waals surface area contributed by atoms with Crippen LogP contribution in [0.25, 0.3) is 0 Å². The summed E-state index contributed by atoms with van der Waals surface area (Å²) in [6.45, 7) is 11.7. The van der Waals surface area contributed by atoms with Crippen LogP contribution in [0, 0.1) is 12.7 Å². The topological polar surface area (TPSA) is 94.8 Å². The maximum atomic E-state index is 15.5. The van der Waals surface area contributed by atoms with E-state index >= 15 is 4.39 Å². The van der Waals surface area contributed by atoms with Gasteiger partial charge in [0.05, 0.1) is 0 Å². The predicted octanol–water partition coefficient (Wildman–Crippen LogP) is 5.38. The van der Waals surface area contributed by atoms with Gasteiger partial charge in [-0.3, -0.25) is 0 Å². The summed E-state index contributed by atoms with van der Waals surface area (Å²) in [5.41, 5.74) is 6.61. The zero-order valence-corrected chi connectivity index (χ0v) is 19.1. The molecule has 1 aromatic carbocycles. The highest BCUT2D eigenvalue weighted by molar-refractivity contribution is 6.08. The lowest BCUT2D eigenvalue weighted by Crippen LogP contribution is -2.44. The van der Waals surface area contributed by atoms with Crippen molar-refractivity contribution in [2.45, 2.75) is 66.1 Å². The number of amides is 2. The van der Waals surface area contributed by atoms with Gasteiger partial charge in [-0.15, -0.1) is 0 Å². The van der Waals surface area contributed by atoms with Crippen LogP contribution in [0.2, 0.25) is 0 Å². The molecular weight excluding hydrogens is 401 g/mol. The number of ether oxygens (including phenoxy) is 2. The number of nitrogens with two attached hydrogens (primary N) is 1. The second-order valence-electron chi connectivity index (χ2n) is 9.21. The molecule has 7 nitrogen and oxygen atoms in total. The summed E-state index contributed by atoms with van der Waals surface area (Å²) in [7, 11) is 0. The van der Waals surface area contributed by atoms with Crippen molar-refractivity contribution in [3.05, 3.63) is 53.0 Å². The van der Waals surface area contributed by atoms with Gasteiger partial charge in [-0.05, 0) is 77.3 Å². The fourth-order valence-corrected chi connectivity index (χ4v) is 2.73. The largest absolute Gasteiger partial charge is 0.443 e. The van der Waals surface area contributed by atoms with E-state index in [1.54, 1.807) is 53.7 Å². The normalized spacial score (nSPS) is 11.7. The Labute approximate surface area is 182 Å². The maximum absolute atomic E-state index is 15.5. The molecule has 0 bridgehead atoms. The summed E-state index contributed by atoms with van der Waals surface area (Å²) in [4.78, 5) is 30.0. The summed E-state index contributed by atoms with van der Waals surface area (Å²) in [6, 6.07) is 6.87. The summed E-state index contributed by atoms with van der Waals surface area (Å²) in [5, 5.41) is 0. The molecule has 0 saturated carbocycles. The van der Waals surface area contributed by atoms with Gasteiger partial charge < -0.3 is 15.2 Å². The number of carbonyl (C=O) groups excluding carboxylic acids is 2. The van der Waals surface area contributed by atoms with E-state index < -0.39 is 35.0 Å². The first-order valence-corrected chi connectivity index (χ1v) is 9.93. The summed E-state index contributed by atoms with van der Waals surface area (Å²) < 4.78 is 26.1. The van der Waals surface area contributed by atoms with Crippen LogP contribution in [-0.4, -0.2) is 28.4 Å². The van der Waals surface area contributed by atoms with Crippen LogP contribution in [0.3, 0.4) is 0 Å². The highest BCUT2D eigenvalue weighted by atomic mass is 19.1. The number of carbonyl (C=O) groups is 2. The van der Waals surface area contributed by atoms with Gasteiger partial charge in [-0.1, -0.05) is 12.1 Å². The molecule has 0 radical (unpaired) electrons. The molecule has 31 heavy (non-hydrogen) atoms. The van der Waals surface area contributed by atoms with Gasteiger partial charge in [0.2, 0.25) is 0 Å². The molecule has 0 saturated heterocycles. The molecule has 0 aliphatic heterocycles. The zero-order valence-electron chi connectivity index (χ0n) is 19.1. The van der Waals surface area contributed by atoms with E-state index in [0.29, 0.717) is 10.6 Å². The first-order chi connectivity index (χ1) is 14.2. The average molecular weight is 432 g/mol. The van der Waals surface area contributed by atoms with Crippen LogP contribution in [0.1, 0.15) is 58.2 Å². The smallest absolute Gasteiger partial charge is 0.425 e. The minimum Gasteiger partial charge on any atom is -0.443 e. The first kappa shape index (κ1) is 24.1. The molecule has 0 unspecified atom stereocenters. The SMILES string of the molecule is Cc1c(N)cccc1Cc1ccnc(N(C(=O)OC(C)(C)C)C(=O)OC(C)(C)C)c1F. The number of halogens is 1. The van der Waals surface area contributed by atoms with Crippen molar-refractivity contribution < 1.29 is 23.5 Å². The lowest BCUT2D eigenvalue weighted by Gasteiger charge is -2.28. The Kier molecular flexibility index (Phi) is 6.93. The average Bonchev–Trinajstić information content (AvgIpc) is 2.59. The molecule has 1 aromatic heterocycles. The van der Waals surface area contributed by atoms with Crippen molar-refractivity contribution in [2.75, 3.05) is 10.6 Å². The number of aromatic nitrogens is 1. The summed E-state index contributed by atoms with van der Waals surface area (Å²) >= 11 is 0. The molecule has 2 amide bonds. The van der Waals surface area contributed by atoms with E-state index in [1.807, 2.05) is 13.0 Å². The molecule has 2 rings (SSSR count). The number of hydrogen-bond acceptors (Lipinski definition) is 6. The van der Waals surface area contributed by atoms with E-state index in [0.717, 1.165) is 11.1 Å². The van der Waals surface area contributed by atoms with Gasteiger partial charge in [0.1, 0.15) is 11.2 Å². The van der Waals surface area contributed by atoms with Crippen LogP contribution in [0.5, 0.6) is 0 Å². The van der Waals surface area contributed by atoms with Crippen molar-refractivity contribution in [2.24, 2.45) is 0 Å². The lowest BCUT2D eigenvalue weighted by atomic mass is 9.99. The molecule has 8 heteroatoms. The van der Waals surface area contributed by atoms with Gasteiger partial charge in [0.25, 0.3) is 0 Å². The molecule has 0 spiro atoms. The van der Waals surface area contributed by atoms with Crippen molar-refractivity contribution in [3.63, 3.8) is 0 Å². The van der Waals surface area contributed by atoms with E-state index in [2.05, 4.69) is 4.98 Å². The van der Waals surface area contributed by atoms with Gasteiger partial charge in [-0.2, -0.15) is 4.90 Å². The molecule has 0 atom stereocenters. The van der Waals surface area contributed by atoms with E-state index in [9.17, 15) is 9.59 Å². The van der Waals surface area contributed by atoms with E-state index in [-0.39, 0.29) is 12.0 Å². The Bertz CT molecular complexity index is 950. The van der Waals surface area contributed by atoms with Crippen molar-refractivity contribution in [1.29, 1.82) is 0 Å². The number of imide groups is 1. The van der Waals surface area contributed by atoms with Crippen LogP contribution in [-0.2, 0) is 15.9 Å². The summed E-state index contributed by atoms with van der Waals surface area (Å²) in [6.07, 6.45) is -0.623. The molecule has 0 aliphatic carbocycles. The Morgan fingerprint density at radius 3 is 2.06 bits per heavy atom. The second kappa shape index (κ2) is 8.91. The van der Waals surface area contributed by atoms with E-state index in [4.69, 9.17) is 15.2 Å². The third kappa shape index (κ3) is 6.41. The molecule has 2 aromatic rings. The second-order valence-corrected chi connectivity index (χ2v) is 9.21. The fourth-order valence-electron chi connectivity index (χ4n) is 2.73. The Morgan fingerprint density at radius 2 is 1.55 bits per heavy atom. The number of hydrogen-bond donors (Lipinski definition) is 1. The predicted molar refractivity (Wildman–Crippen MR) is 118 cm³/mol. The van der Waals surface area contributed by atoms with Gasteiger partial charge in [0, 0.05) is 18.3 Å². The van der Waals surface area contributed by atoms with Gasteiger partial charge >= 0.3 is 12.2 Å². The molecule has 0 aliphatic rings. The number of nitrogens with zero attached hydrogens (tertiary/aromatic N) is 2. The van der Waals surface area contributed by atoms with Crippen LogP contribution >= 0.6 is 0 Å². The number of nitrogen functional groups attached to an aromatic ring is 1. The number of rotatable bonds is 3. The Hall–Kier alpha value is -3.16. The van der Waals surface area contributed by atoms with Gasteiger partial charge in [-0.25, -0.2) is 19.0 Å². The minimum absolute atomic E-state index is 0.203. The Morgan fingerprint density at radius 1 is 1.00 bits per heavy atom. The van der Waals surface area contributed by atoms with Gasteiger partial charge in [0.15, 0.2) is 11.6 Å². The fraction of sp³-hybridized carbons (Fsp3) is 0.435. The van der Waals surface area contributed by atoms with Crippen molar-refractivity contribution in [3.8, 4) is 0 Å². The minimum atomic E-state index is -1.08. The quantitative estimate of drug-likeness (QED) is 0.656. The molecular formula is C23H30FN3O4. The van der Waals surface area contributed by atoms with E-state index in [1.165, 1.54) is 12.3 Å². The molecule has 168 valence electrons. The zero-order chi connectivity index (χ0) is 23.6. The summed E-state index contributed by atoms with van der Waals surface area (Å²) in [5.74, 6) is -1.30. The molecule has 2 N–H and O–H groups in total. The lowest BCUT2D eigenvalue weighted by molar-refractivity contribution is 0.0427. The van der Waals surface area contributed by atoms with Crippen LogP contribution < -0.4 is 10.6 Å². The molecule has 1 heterocycles. The standard InChI is InChI=1S/C23H30FN3O4/c1-14-15(9-8-10-17(14)25)13-16-11-12-26-19(18(16)24)27(20(28)30-22(2,3)4)21(29)31-23(5,6)7/h8-12H,13,25H2,1-7H3. The molecule has 0 fully saturated rings. The van der Waals surface area contributed by atoms with Crippen LogP contribution in [0.15, 0.2) is 30.5 Å². The monoisotopic (exact) mass is 431 g/mol. The first-order valence-electron chi connectivity index (χ1n) is 9.93. The Balaban J connectivity index is 2.50.